The lowest BCUT2D eigenvalue weighted by Gasteiger charge is -2.32. The molecule has 1 aliphatic rings. The Bertz CT molecular complexity index is 350. The van der Waals surface area contributed by atoms with E-state index in [1.807, 2.05) is 19.2 Å². The zero-order chi connectivity index (χ0) is 12.1. The number of hydrogen-bond acceptors (Lipinski definition) is 4. The van der Waals surface area contributed by atoms with E-state index in [0.29, 0.717) is 12.6 Å². The molecular formula is C13H21N3O. The van der Waals surface area contributed by atoms with E-state index in [4.69, 9.17) is 4.74 Å². The highest BCUT2D eigenvalue weighted by Gasteiger charge is 2.19. The van der Waals surface area contributed by atoms with Gasteiger partial charge in [0, 0.05) is 44.5 Å². The third-order valence-corrected chi connectivity index (χ3v) is 3.19. The average molecular weight is 235 g/mol. The van der Waals surface area contributed by atoms with Gasteiger partial charge < -0.3 is 10.1 Å². The molecule has 4 nitrogen and oxygen atoms in total. The summed E-state index contributed by atoms with van der Waals surface area (Å²) >= 11 is 0. The number of hydrogen-bond donors (Lipinski definition) is 1. The molecule has 1 fully saturated rings. The highest BCUT2D eigenvalue weighted by molar-refractivity contribution is 5.24. The van der Waals surface area contributed by atoms with Gasteiger partial charge in [0.05, 0.1) is 12.3 Å². The van der Waals surface area contributed by atoms with Crippen LogP contribution in [0.2, 0.25) is 0 Å². The fraction of sp³-hybridized carbons (Fsp3) is 0.615. The van der Waals surface area contributed by atoms with Crippen LogP contribution < -0.4 is 10.1 Å². The van der Waals surface area contributed by atoms with Crippen molar-refractivity contribution in [1.29, 1.82) is 0 Å². The minimum Gasteiger partial charge on any atom is -0.494 e. The molecule has 1 saturated heterocycles. The second kappa shape index (κ2) is 5.98. The fourth-order valence-electron chi connectivity index (χ4n) is 2.17. The number of aromatic nitrogens is 1. The predicted molar refractivity (Wildman–Crippen MR) is 68.3 cm³/mol. The third-order valence-electron chi connectivity index (χ3n) is 3.19. The van der Waals surface area contributed by atoms with Crippen LogP contribution in [0.3, 0.4) is 0 Å². The molecular weight excluding hydrogens is 214 g/mol. The highest BCUT2D eigenvalue weighted by Crippen LogP contribution is 2.21. The standard InChI is InChI=1S/C13H21N3O/c1-3-17-12-4-5-15-13(10-12)11(2)16-8-6-14-7-9-16/h4-5,10-11,14H,3,6-9H2,1-2H3. The summed E-state index contributed by atoms with van der Waals surface area (Å²) in [6.07, 6.45) is 1.83. The second-order valence-corrected chi connectivity index (χ2v) is 4.31. The number of rotatable bonds is 4. The quantitative estimate of drug-likeness (QED) is 0.857. The largest absolute Gasteiger partial charge is 0.494 e. The first-order valence-corrected chi connectivity index (χ1v) is 6.34. The Morgan fingerprint density at radius 1 is 1.47 bits per heavy atom. The molecule has 1 atom stereocenters. The molecule has 1 aliphatic heterocycles. The third kappa shape index (κ3) is 3.17. The number of piperazine rings is 1. The monoisotopic (exact) mass is 235 g/mol. The summed E-state index contributed by atoms with van der Waals surface area (Å²) in [4.78, 5) is 6.91. The van der Waals surface area contributed by atoms with E-state index in [1.165, 1.54) is 0 Å². The topological polar surface area (TPSA) is 37.4 Å². The molecule has 0 radical (unpaired) electrons. The summed E-state index contributed by atoms with van der Waals surface area (Å²) in [6, 6.07) is 4.32. The van der Waals surface area contributed by atoms with Gasteiger partial charge in [0.15, 0.2) is 0 Å². The zero-order valence-corrected chi connectivity index (χ0v) is 10.6. The Kier molecular flexibility index (Phi) is 4.34. The van der Waals surface area contributed by atoms with Crippen molar-refractivity contribution < 1.29 is 4.74 Å². The van der Waals surface area contributed by atoms with Crippen molar-refractivity contribution in [2.45, 2.75) is 19.9 Å². The van der Waals surface area contributed by atoms with Gasteiger partial charge in [-0.05, 0) is 19.9 Å². The van der Waals surface area contributed by atoms with Gasteiger partial charge in [0.1, 0.15) is 5.75 Å². The van der Waals surface area contributed by atoms with E-state index in [0.717, 1.165) is 37.6 Å². The van der Waals surface area contributed by atoms with E-state index >= 15 is 0 Å². The van der Waals surface area contributed by atoms with Crippen LogP contribution in [-0.2, 0) is 0 Å². The minimum atomic E-state index is 0.359. The molecule has 0 aliphatic carbocycles. The molecule has 0 amide bonds. The van der Waals surface area contributed by atoms with Crippen molar-refractivity contribution in [2.24, 2.45) is 0 Å². The van der Waals surface area contributed by atoms with E-state index in [-0.39, 0.29) is 0 Å². The van der Waals surface area contributed by atoms with Crippen LogP contribution >= 0.6 is 0 Å². The maximum Gasteiger partial charge on any atom is 0.122 e. The lowest BCUT2D eigenvalue weighted by molar-refractivity contribution is 0.182. The van der Waals surface area contributed by atoms with E-state index in [9.17, 15) is 0 Å². The molecule has 1 unspecified atom stereocenters. The zero-order valence-electron chi connectivity index (χ0n) is 10.6. The lowest BCUT2D eigenvalue weighted by atomic mass is 10.1. The highest BCUT2D eigenvalue weighted by atomic mass is 16.5. The number of ether oxygens (including phenoxy) is 1. The van der Waals surface area contributed by atoms with Crippen molar-refractivity contribution >= 4 is 0 Å². The molecule has 1 aromatic heterocycles. The molecule has 2 rings (SSSR count). The van der Waals surface area contributed by atoms with Gasteiger partial charge in [0.25, 0.3) is 0 Å². The first-order chi connectivity index (χ1) is 8.31. The first kappa shape index (κ1) is 12.3. The van der Waals surface area contributed by atoms with E-state index in [1.54, 1.807) is 0 Å². The molecule has 94 valence electrons. The van der Waals surface area contributed by atoms with Gasteiger partial charge >= 0.3 is 0 Å². The van der Waals surface area contributed by atoms with Gasteiger partial charge in [-0.25, -0.2) is 0 Å². The predicted octanol–water partition coefficient (Wildman–Crippen LogP) is 1.45. The normalized spacial score (nSPS) is 18.9. The van der Waals surface area contributed by atoms with Gasteiger partial charge in [-0.3, -0.25) is 9.88 Å². The minimum absolute atomic E-state index is 0.359. The van der Waals surface area contributed by atoms with E-state index in [2.05, 4.69) is 28.2 Å². The van der Waals surface area contributed by atoms with Crippen LogP contribution in [-0.4, -0.2) is 42.7 Å². The van der Waals surface area contributed by atoms with Gasteiger partial charge in [-0.15, -0.1) is 0 Å². The summed E-state index contributed by atoms with van der Waals surface area (Å²) < 4.78 is 5.51. The van der Waals surface area contributed by atoms with Gasteiger partial charge in [-0.1, -0.05) is 0 Å². The summed E-state index contributed by atoms with van der Waals surface area (Å²) in [5.41, 5.74) is 1.10. The van der Waals surface area contributed by atoms with Crippen LogP contribution in [0.25, 0.3) is 0 Å². The van der Waals surface area contributed by atoms with Crippen LogP contribution in [0.15, 0.2) is 18.3 Å². The number of nitrogens with zero attached hydrogens (tertiary/aromatic N) is 2. The van der Waals surface area contributed by atoms with Gasteiger partial charge in [0.2, 0.25) is 0 Å². The Hall–Kier alpha value is -1.13. The van der Waals surface area contributed by atoms with Crippen molar-refractivity contribution in [2.75, 3.05) is 32.8 Å². The smallest absolute Gasteiger partial charge is 0.122 e. The van der Waals surface area contributed by atoms with Gasteiger partial charge in [-0.2, -0.15) is 0 Å². The molecule has 1 aromatic rings. The maximum atomic E-state index is 5.51. The molecule has 0 aromatic carbocycles. The molecule has 0 spiro atoms. The Morgan fingerprint density at radius 2 is 2.24 bits per heavy atom. The summed E-state index contributed by atoms with van der Waals surface area (Å²) in [5, 5.41) is 3.37. The fourth-order valence-corrected chi connectivity index (χ4v) is 2.17. The average Bonchev–Trinajstić information content (AvgIpc) is 2.40. The summed E-state index contributed by atoms with van der Waals surface area (Å²) in [5.74, 6) is 0.916. The van der Waals surface area contributed by atoms with Crippen LogP contribution in [0.4, 0.5) is 0 Å². The second-order valence-electron chi connectivity index (χ2n) is 4.31. The molecule has 0 saturated carbocycles. The lowest BCUT2D eigenvalue weighted by Crippen LogP contribution is -2.44. The SMILES string of the molecule is CCOc1ccnc(C(C)N2CCNCC2)c1. The summed E-state index contributed by atoms with van der Waals surface area (Å²) in [7, 11) is 0. The van der Waals surface area contributed by atoms with Crippen molar-refractivity contribution in [3.05, 3.63) is 24.0 Å². The van der Waals surface area contributed by atoms with Crippen molar-refractivity contribution in [3.63, 3.8) is 0 Å². The Labute approximate surface area is 103 Å². The number of nitrogens with one attached hydrogen (secondary N) is 1. The van der Waals surface area contributed by atoms with Crippen LogP contribution in [0.1, 0.15) is 25.6 Å². The molecule has 4 heteroatoms. The summed E-state index contributed by atoms with van der Waals surface area (Å²) in [6.45, 7) is 9.21. The Balaban J connectivity index is 2.06. The van der Waals surface area contributed by atoms with E-state index < -0.39 is 0 Å². The molecule has 1 N–H and O–H groups in total. The van der Waals surface area contributed by atoms with Crippen LogP contribution in [0, 0.1) is 0 Å². The molecule has 2 heterocycles. The maximum absolute atomic E-state index is 5.51. The molecule has 17 heavy (non-hydrogen) atoms. The van der Waals surface area contributed by atoms with Crippen molar-refractivity contribution in [3.8, 4) is 5.75 Å². The van der Waals surface area contributed by atoms with Crippen molar-refractivity contribution in [1.82, 2.24) is 15.2 Å². The molecule has 0 bridgehead atoms. The number of pyridine rings is 1. The first-order valence-electron chi connectivity index (χ1n) is 6.34. The Morgan fingerprint density at radius 3 is 2.94 bits per heavy atom. The van der Waals surface area contributed by atoms with Crippen LogP contribution in [0.5, 0.6) is 5.75 Å².